The van der Waals surface area contributed by atoms with Crippen LogP contribution in [0.5, 0.6) is 0 Å². The van der Waals surface area contributed by atoms with Gasteiger partial charge < -0.3 is 10.3 Å². The minimum atomic E-state index is -0.126. The van der Waals surface area contributed by atoms with Crippen LogP contribution < -0.4 is 5.32 Å². The Labute approximate surface area is 139 Å². The molecular weight excluding hydrogens is 320 g/mol. The first-order chi connectivity index (χ1) is 10.4. The Balaban J connectivity index is 1.87. The fourth-order valence-electron chi connectivity index (χ4n) is 1.88. The van der Waals surface area contributed by atoms with Crippen LogP contribution in [-0.4, -0.2) is 26.6 Å². The summed E-state index contributed by atoms with van der Waals surface area (Å²) in [6, 6.07) is 3.36. The van der Waals surface area contributed by atoms with Crippen molar-refractivity contribution in [3.8, 4) is 0 Å². The topological polar surface area (TPSA) is 70.7 Å². The van der Waals surface area contributed by atoms with Gasteiger partial charge in [0, 0.05) is 11.9 Å². The molecule has 0 unspecified atom stereocenters. The van der Waals surface area contributed by atoms with E-state index in [0.29, 0.717) is 16.8 Å². The Morgan fingerprint density at radius 3 is 2.86 bits per heavy atom. The van der Waals surface area contributed by atoms with Crippen molar-refractivity contribution in [2.24, 2.45) is 5.92 Å². The molecule has 0 saturated carbocycles. The number of pyridine rings is 1. The zero-order valence-corrected chi connectivity index (χ0v) is 14.4. The third-order valence-corrected chi connectivity index (χ3v) is 4.00. The van der Waals surface area contributed by atoms with Gasteiger partial charge in [-0.25, -0.2) is 9.97 Å². The Hall–Kier alpha value is -1.53. The number of nitrogens with zero attached hydrogens (tertiary/aromatic N) is 2. The highest BCUT2D eigenvalue weighted by molar-refractivity contribution is 7.99. The summed E-state index contributed by atoms with van der Waals surface area (Å²) in [5, 5.41) is 4.03. The van der Waals surface area contributed by atoms with E-state index < -0.39 is 0 Å². The van der Waals surface area contributed by atoms with Crippen LogP contribution in [0.1, 0.15) is 25.2 Å². The third kappa shape index (κ3) is 5.03. The van der Waals surface area contributed by atoms with Crippen LogP contribution in [0, 0.1) is 12.8 Å². The van der Waals surface area contributed by atoms with E-state index in [1.54, 1.807) is 12.1 Å². The molecule has 0 bridgehead atoms. The third-order valence-electron chi connectivity index (χ3n) is 2.90. The highest BCUT2D eigenvalue weighted by Gasteiger charge is 2.11. The maximum absolute atomic E-state index is 11.9. The van der Waals surface area contributed by atoms with Gasteiger partial charge in [0.1, 0.15) is 5.82 Å². The molecule has 2 heterocycles. The molecule has 2 aromatic rings. The summed E-state index contributed by atoms with van der Waals surface area (Å²) < 4.78 is 0. The molecule has 22 heavy (non-hydrogen) atoms. The minimum Gasteiger partial charge on any atom is -0.337 e. The number of anilines is 1. The number of aromatic nitrogens is 3. The molecular formula is C15H19ClN4OS. The molecule has 1 amide bonds. The van der Waals surface area contributed by atoms with Crippen LogP contribution in [-0.2, 0) is 11.2 Å². The number of thioether (sulfide) groups is 1. The molecule has 5 nitrogen and oxygen atoms in total. The van der Waals surface area contributed by atoms with E-state index in [0.717, 1.165) is 23.0 Å². The number of hydrogen-bond acceptors (Lipinski definition) is 4. The number of carbonyl (C=O) groups is 1. The molecule has 0 aromatic carbocycles. The number of aromatic amines is 1. The normalized spacial score (nSPS) is 11.0. The predicted octanol–water partition coefficient (Wildman–Crippen LogP) is 3.70. The van der Waals surface area contributed by atoms with Crippen molar-refractivity contribution in [1.29, 1.82) is 0 Å². The first kappa shape index (κ1) is 16.8. The summed E-state index contributed by atoms with van der Waals surface area (Å²) >= 11 is 7.13. The van der Waals surface area contributed by atoms with Crippen molar-refractivity contribution >= 4 is 35.1 Å². The van der Waals surface area contributed by atoms with Gasteiger partial charge in [0.25, 0.3) is 0 Å². The molecule has 0 aliphatic heterocycles. The average molecular weight is 339 g/mol. The van der Waals surface area contributed by atoms with Crippen molar-refractivity contribution in [1.82, 2.24) is 15.0 Å². The molecule has 0 fully saturated rings. The number of nitrogens with one attached hydrogen (secondary N) is 2. The van der Waals surface area contributed by atoms with Gasteiger partial charge in [0.2, 0.25) is 5.91 Å². The quantitative estimate of drug-likeness (QED) is 0.788. The molecule has 0 aliphatic rings. The largest absolute Gasteiger partial charge is 0.337 e. The van der Waals surface area contributed by atoms with E-state index in [1.807, 2.05) is 6.92 Å². The van der Waals surface area contributed by atoms with E-state index in [2.05, 4.69) is 34.1 Å². The summed E-state index contributed by atoms with van der Waals surface area (Å²) in [7, 11) is 0. The van der Waals surface area contributed by atoms with Gasteiger partial charge >= 0.3 is 0 Å². The first-order valence-electron chi connectivity index (χ1n) is 7.03. The van der Waals surface area contributed by atoms with E-state index in [-0.39, 0.29) is 11.7 Å². The highest BCUT2D eigenvalue weighted by Crippen LogP contribution is 2.19. The van der Waals surface area contributed by atoms with Gasteiger partial charge in [-0.15, -0.1) is 0 Å². The molecule has 0 spiro atoms. The van der Waals surface area contributed by atoms with Crippen LogP contribution in [0.15, 0.2) is 23.5 Å². The van der Waals surface area contributed by atoms with Crippen molar-refractivity contribution in [3.05, 3.63) is 34.7 Å². The summed E-state index contributed by atoms with van der Waals surface area (Å²) in [5.41, 5.74) is 2.13. The number of carbonyl (C=O) groups excluding carboxylic acids is 1. The van der Waals surface area contributed by atoms with Crippen LogP contribution in [0.3, 0.4) is 0 Å². The smallest absolute Gasteiger partial charge is 0.236 e. The molecule has 0 saturated heterocycles. The monoisotopic (exact) mass is 338 g/mol. The Kier molecular flexibility index (Phi) is 5.85. The lowest BCUT2D eigenvalue weighted by atomic mass is 10.1. The van der Waals surface area contributed by atoms with Crippen LogP contribution in [0.4, 0.5) is 5.82 Å². The van der Waals surface area contributed by atoms with Gasteiger partial charge in [-0.3, -0.25) is 4.79 Å². The van der Waals surface area contributed by atoms with E-state index in [1.165, 1.54) is 18.0 Å². The second kappa shape index (κ2) is 7.65. The minimum absolute atomic E-state index is 0.126. The number of amides is 1. The summed E-state index contributed by atoms with van der Waals surface area (Å²) in [5.74, 6) is 1.20. The molecule has 2 rings (SSSR count). The lowest BCUT2D eigenvalue weighted by molar-refractivity contribution is -0.113. The molecule has 0 aliphatic carbocycles. The van der Waals surface area contributed by atoms with Gasteiger partial charge in [0.05, 0.1) is 16.5 Å². The number of rotatable bonds is 6. The van der Waals surface area contributed by atoms with Gasteiger partial charge in [-0.1, -0.05) is 37.2 Å². The number of imidazole rings is 1. The molecule has 118 valence electrons. The van der Waals surface area contributed by atoms with Crippen LogP contribution >= 0.6 is 23.4 Å². The molecule has 2 N–H and O–H groups in total. The average Bonchev–Trinajstić information content (AvgIpc) is 2.79. The Bertz CT molecular complexity index is 639. The first-order valence-corrected chi connectivity index (χ1v) is 8.40. The van der Waals surface area contributed by atoms with E-state index in [9.17, 15) is 4.79 Å². The Morgan fingerprint density at radius 1 is 1.45 bits per heavy atom. The maximum atomic E-state index is 11.9. The van der Waals surface area contributed by atoms with Crippen molar-refractivity contribution in [3.63, 3.8) is 0 Å². The number of halogens is 1. The maximum Gasteiger partial charge on any atom is 0.236 e. The van der Waals surface area contributed by atoms with Crippen LogP contribution in [0.2, 0.25) is 5.02 Å². The lowest BCUT2D eigenvalue weighted by Crippen LogP contribution is -2.14. The van der Waals surface area contributed by atoms with E-state index >= 15 is 0 Å². The summed E-state index contributed by atoms with van der Waals surface area (Å²) in [6.45, 7) is 6.33. The van der Waals surface area contributed by atoms with Gasteiger partial charge in [-0.2, -0.15) is 0 Å². The molecule has 2 aromatic heterocycles. The Morgan fingerprint density at radius 2 is 2.23 bits per heavy atom. The van der Waals surface area contributed by atoms with E-state index in [4.69, 9.17) is 11.6 Å². The van der Waals surface area contributed by atoms with Gasteiger partial charge in [-0.05, 0) is 31.4 Å². The molecule has 0 radical (unpaired) electrons. The number of H-pyrrole nitrogens is 1. The standard InChI is InChI=1S/C15H19ClN4OS/c1-9(2)6-12-10(3)18-15(19-12)22-8-14(21)20-13-5-4-11(16)7-17-13/h4-5,7,9H,6,8H2,1-3H3,(H,18,19)(H,17,20,21). The fourth-order valence-corrected chi connectivity index (χ4v) is 2.74. The van der Waals surface area contributed by atoms with Crippen molar-refractivity contribution in [2.75, 3.05) is 11.1 Å². The number of aryl methyl sites for hydroxylation is 1. The van der Waals surface area contributed by atoms with Gasteiger partial charge in [0.15, 0.2) is 5.16 Å². The summed E-state index contributed by atoms with van der Waals surface area (Å²) in [4.78, 5) is 23.7. The second-order valence-corrected chi connectivity index (χ2v) is 6.81. The predicted molar refractivity (Wildman–Crippen MR) is 90.5 cm³/mol. The van der Waals surface area contributed by atoms with Crippen molar-refractivity contribution < 1.29 is 4.79 Å². The molecule has 7 heteroatoms. The zero-order valence-electron chi connectivity index (χ0n) is 12.8. The SMILES string of the molecule is Cc1[nH]c(SCC(=O)Nc2ccc(Cl)cn2)nc1CC(C)C. The zero-order chi connectivity index (χ0) is 16.1. The summed E-state index contributed by atoms with van der Waals surface area (Å²) in [6.07, 6.45) is 2.43. The highest BCUT2D eigenvalue weighted by atomic mass is 35.5. The number of hydrogen-bond donors (Lipinski definition) is 2. The molecule has 0 atom stereocenters. The second-order valence-electron chi connectivity index (χ2n) is 5.41. The van der Waals surface area contributed by atoms with Crippen molar-refractivity contribution in [2.45, 2.75) is 32.3 Å². The lowest BCUT2D eigenvalue weighted by Gasteiger charge is -2.03. The van der Waals surface area contributed by atoms with Crippen LogP contribution in [0.25, 0.3) is 0 Å². The fraction of sp³-hybridized carbons (Fsp3) is 0.400.